The van der Waals surface area contributed by atoms with E-state index in [-0.39, 0.29) is 85.4 Å². The first-order valence-corrected chi connectivity index (χ1v) is 29.9. The summed E-state index contributed by atoms with van der Waals surface area (Å²) in [5.74, 6) is -1.96. The van der Waals surface area contributed by atoms with Gasteiger partial charge in [0.05, 0.1) is 104 Å². The lowest BCUT2D eigenvalue weighted by Gasteiger charge is -2.34. The van der Waals surface area contributed by atoms with Crippen molar-refractivity contribution in [2.75, 3.05) is 137 Å². The molecule has 0 saturated carbocycles. The second-order valence-electron chi connectivity index (χ2n) is 17.2. The van der Waals surface area contributed by atoms with Gasteiger partial charge in [0.15, 0.2) is 0 Å². The van der Waals surface area contributed by atoms with E-state index in [0.717, 1.165) is 30.4 Å². The Morgan fingerprint density at radius 2 is 0.841 bits per heavy atom. The summed E-state index contributed by atoms with van der Waals surface area (Å²) in [7, 11) is -12.8. The van der Waals surface area contributed by atoms with Gasteiger partial charge in [-0.05, 0) is 12.8 Å². The molecule has 0 aliphatic carbocycles. The molecule has 0 spiro atoms. The van der Waals surface area contributed by atoms with Gasteiger partial charge in [0, 0.05) is 64.8 Å². The van der Waals surface area contributed by atoms with E-state index in [2.05, 4.69) is 21.0 Å². The second-order valence-corrected chi connectivity index (χ2v) is 24.6. The molecule has 380 valence electrons. The number of unbranched alkanes of at least 4 members (excludes halogenated alkanes) is 15. The molecule has 0 aromatic heterocycles. The summed E-state index contributed by atoms with van der Waals surface area (Å²) in [5.41, 5.74) is 0. The standard InChI is InChI=1S/C40H88N4O15S3Si/c1-4-5-6-7-8-9-10-11-12-13-14-15-16-17-18-19-29-44(2,3)30-20-39-63(59-35-25-43(40-47)28-38-62(54,55)56,57-33-23-41(21-31-45)26-36-60(48,49)50)58-34-24-42(22-32-46)27-37-61(51,52)53/h45-47H,4-40H2,1-3H3,(H2-,48,49,50,51,52,53,54,55,56)/p-1. The Morgan fingerprint density at radius 3 is 1.21 bits per heavy atom. The summed E-state index contributed by atoms with van der Waals surface area (Å²) in [6.45, 7) is 2.53. The molecule has 0 amide bonds. The van der Waals surface area contributed by atoms with Crippen LogP contribution in [0.5, 0.6) is 0 Å². The third-order valence-electron chi connectivity index (χ3n) is 11.1. The Kier molecular flexibility index (Phi) is 36.3. The van der Waals surface area contributed by atoms with Gasteiger partial charge in [-0.1, -0.05) is 96.8 Å². The molecule has 0 aliphatic heterocycles. The number of quaternary nitrogens is 1. The molecule has 19 nitrogen and oxygen atoms in total. The first kappa shape index (κ1) is 62.5. The highest BCUT2D eigenvalue weighted by Gasteiger charge is 2.42. The number of aliphatic hydroxyl groups excluding tert-OH is 3. The van der Waals surface area contributed by atoms with Crippen molar-refractivity contribution in [3.63, 3.8) is 0 Å². The second kappa shape index (κ2) is 36.6. The van der Waals surface area contributed by atoms with Crippen LogP contribution in [-0.4, -0.2) is 219 Å². The van der Waals surface area contributed by atoms with Crippen molar-refractivity contribution in [3.05, 3.63) is 0 Å². The summed E-state index contributed by atoms with van der Waals surface area (Å²) < 4.78 is 120. The largest absolute Gasteiger partial charge is 0.748 e. The highest BCUT2D eigenvalue weighted by Crippen LogP contribution is 2.21. The number of nitrogens with zero attached hydrogens (tertiary/aromatic N) is 4. The fourth-order valence-corrected chi connectivity index (χ4v) is 11.1. The van der Waals surface area contributed by atoms with Crippen molar-refractivity contribution in [1.82, 2.24) is 14.7 Å². The monoisotopic (exact) mass is 988 g/mol. The van der Waals surface area contributed by atoms with Crippen molar-refractivity contribution in [3.8, 4) is 0 Å². The van der Waals surface area contributed by atoms with Gasteiger partial charge in [-0.15, -0.1) is 0 Å². The third kappa shape index (κ3) is 40.3. The van der Waals surface area contributed by atoms with Crippen LogP contribution >= 0.6 is 0 Å². The van der Waals surface area contributed by atoms with Crippen LogP contribution in [0.3, 0.4) is 0 Å². The summed E-state index contributed by atoms with van der Waals surface area (Å²) in [5, 5.41) is 29.0. The molecule has 0 fully saturated rings. The minimum Gasteiger partial charge on any atom is -0.748 e. The van der Waals surface area contributed by atoms with Crippen molar-refractivity contribution in [2.45, 2.75) is 122 Å². The van der Waals surface area contributed by atoms with Crippen LogP contribution in [0.15, 0.2) is 0 Å². The Hall–Kier alpha value is -0.453. The molecule has 0 heterocycles. The lowest BCUT2D eigenvalue weighted by molar-refractivity contribution is -0.890. The molecule has 0 aromatic rings. The summed E-state index contributed by atoms with van der Waals surface area (Å²) >= 11 is 0. The molecule has 0 saturated heterocycles. The smallest absolute Gasteiger partial charge is 0.501 e. The Morgan fingerprint density at radius 1 is 0.492 bits per heavy atom. The zero-order valence-corrected chi connectivity index (χ0v) is 42.4. The fourth-order valence-electron chi connectivity index (χ4n) is 7.19. The molecule has 0 radical (unpaired) electrons. The molecule has 0 aromatic carbocycles. The van der Waals surface area contributed by atoms with E-state index in [1.165, 1.54) is 94.8 Å². The van der Waals surface area contributed by atoms with E-state index in [1.807, 2.05) is 0 Å². The van der Waals surface area contributed by atoms with Gasteiger partial charge < -0.3 is 42.2 Å². The van der Waals surface area contributed by atoms with Crippen LogP contribution in [0.2, 0.25) is 6.04 Å². The van der Waals surface area contributed by atoms with Crippen molar-refractivity contribution in [2.24, 2.45) is 0 Å². The molecular formula is C40H87N4O15S3Si-. The van der Waals surface area contributed by atoms with Gasteiger partial charge >= 0.3 is 8.80 Å². The van der Waals surface area contributed by atoms with E-state index in [4.69, 9.17) is 13.3 Å². The van der Waals surface area contributed by atoms with Crippen LogP contribution in [0.25, 0.3) is 0 Å². The highest BCUT2D eigenvalue weighted by molar-refractivity contribution is 7.86. The van der Waals surface area contributed by atoms with Crippen LogP contribution in [0, 0.1) is 0 Å². The van der Waals surface area contributed by atoms with E-state index in [9.17, 15) is 54.2 Å². The summed E-state index contributed by atoms with van der Waals surface area (Å²) in [6, 6.07) is 0.307. The van der Waals surface area contributed by atoms with Crippen LogP contribution < -0.4 is 0 Å². The summed E-state index contributed by atoms with van der Waals surface area (Å²) in [6.07, 6.45) is 21.3. The van der Waals surface area contributed by atoms with E-state index >= 15 is 0 Å². The predicted molar refractivity (Wildman–Crippen MR) is 246 cm³/mol. The van der Waals surface area contributed by atoms with Gasteiger partial charge in [0.2, 0.25) is 0 Å². The van der Waals surface area contributed by atoms with Crippen LogP contribution in [0.4, 0.5) is 0 Å². The van der Waals surface area contributed by atoms with Gasteiger partial charge in [0.1, 0.15) is 0 Å². The topological polar surface area (TPSA) is 267 Å². The van der Waals surface area contributed by atoms with E-state index in [0.29, 0.717) is 12.5 Å². The van der Waals surface area contributed by atoms with Crippen LogP contribution in [0.1, 0.15) is 116 Å². The quantitative estimate of drug-likeness (QED) is 0.0224. The average molecular weight is 988 g/mol. The number of hydrogen-bond donors (Lipinski definition) is 4. The molecule has 0 aliphatic rings. The van der Waals surface area contributed by atoms with Gasteiger partial charge in [0.25, 0.3) is 10.1 Å². The Bertz CT molecular complexity index is 1380. The molecule has 0 bridgehead atoms. The number of hydrogen-bond acceptors (Lipinski definition) is 17. The normalized spacial score (nSPS) is 14.1. The van der Waals surface area contributed by atoms with Crippen molar-refractivity contribution >= 4 is 39.2 Å². The molecule has 0 rings (SSSR count). The first-order chi connectivity index (χ1) is 29.7. The maximum absolute atomic E-state index is 11.5. The Labute approximate surface area is 383 Å². The maximum atomic E-state index is 11.5. The zero-order valence-electron chi connectivity index (χ0n) is 39.0. The molecule has 4 N–H and O–H groups in total. The molecule has 63 heavy (non-hydrogen) atoms. The lowest BCUT2D eigenvalue weighted by Crippen LogP contribution is -2.51. The predicted octanol–water partition coefficient (Wildman–Crippen LogP) is 2.52. The fraction of sp³-hybridized carbons (Fsp3) is 1.00. The van der Waals surface area contributed by atoms with E-state index in [1.54, 1.807) is 9.80 Å². The SMILES string of the molecule is CCCCCCCCCCCCCCCCCC[N+](C)(C)CCC[Si](OCCN(CO)CCS(=O)(=O)[O-])(OCCN(CCO)CCS(=O)(=O)[O-])OCCN(CCO)CCS(=O)(=O)O. The zero-order chi connectivity index (χ0) is 47.5. The van der Waals surface area contributed by atoms with Crippen LogP contribution in [-0.2, 0) is 43.6 Å². The van der Waals surface area contributed by atoms with E-state index < -0.39 is 63.1 Å². The summed E-state index contributed by atoms with van der Waals surface area (Å²) in [4.78, 5) is 4.47. The Balaban J connectivity index is 5.66. The molecule has 1 atom stereocenters. The first-order valence-electron chi connectivity index (χ1n) is 23.2. The maximum Gasteiger partial charge on any atom is 0.501 e. The molecular weight excluding hydrogens is 901 g/mol. The van der Waals surface area contributed by atoms with Crippen molar-refractivity contribution in [1.29, 1.82) is 0 Å². The number of rotatable bonds is 47. The lowest BCUT2D eigenvalue weighted by atomic mass is 10.0. The molecule has 1 unspecified atom stereocenters. The third-order valence-corrected chi connectivity index (χ3v) is 16.0. The minimum atomic E-state index is -4.55. The average Bonchev–Trinajstić information content (AvgIpc) is 3.19. The van der Waals surface area contributed by atoms with Gasteiger partial charge in [-0.25, -0.2) is 16.8 Å². The highest BCUT2D eigenvalue weighted by atomic mass is 32.2. The molecule has 23 heteroatoms. The number of aliphatic hydroxyl groups is 3. The van der Waals surface area contributed by atoms with Gasteiger partial charge in [-0.2, -0.15) is 8.42 Å². The minimum absolute atomic E-state index is 0.0112. The van der Waals surface area contributed by atoms with Gasteiger partial charge in [-0.3, -0.25) is 19.3 Å². The van der Waals surface area contributed by atoms with Crippen molar-refractivity contribution < 1.29 is 72.0 Å².